The minimum absolute atomic E-state index is 0.0244. The molecule has 1 aromatic rings. The fourth-order valence-electron chi connectivity index (χ4n) is 2.20. The molecule has 0 aliphatic carbocycles. The van der Waals surface area contributed by atoms with Crippen molar-refractivity contribution in [2.45, 2.75) is 38.0 Å². The highest BCUT2D eigenvalue weighted by atomic mass is 19.1. The summed E-state index contributed by atoms with van der Waals surface area (Å²) < 4.78 is 36.5. The van der Waals surface area contributed by atoms with Crippen molar-refractivity contribution in [3.63, 3.8) is 0 Å². The second-order valence-corrected chi connectivity index (χ2v) is 5.32. The Kier molecular flexibility index (Phi) is 5.49. The monoisotopic (exact) mass is 329 g/mol. The SMILES string of the molecule is CC(COc1ccc(F)cc1F)NC(=O)[C@@H]1CC[C@H](C(=O)O)O1. The maximum Gasteiger partial charge on any atom is 0.332 e. The Hall–Kier alpha value is -2.22. The van der Waals surface area contributed by atoms with Crippen molar-refractivity contribution in [2.24, 2.45) is 0 Å². The molecule has 1 saturated heterocycles. The lowest BCUT2D eigenvalue weighted by Gasteiger charge is -2.18. The Balaban J connectivity index is 1.79. The topological polar surface area (TPSA) is 84.9 Å². The van der Waals surface area contributed by atoms with E-state index in [9.17, 15) is 18.4 Å². The van der Waals surface area contributed by atoms with E-state index >= 15 is 0 Å². The number of hydrogen-bond donors (Lipinski definition) is 2. The van der Waals surface area contributed by atoms with Crippen LogP contribution in [0, 0.1) is 11.6 Å². The summed E-state index contributed by atoms with van der Waals surface area (Å²) in [4.78, 5) is 22.7. The van der Waals surface area contributed by atoms with E-state index in [1.165, 1.54) is 0 Å². The Morgan fingerprint density at radius 2 is 2.09 bits per heavy atom. The van der Waals surface area contributed by atoms with Crippen molar-refractivity contribution >= 4 is 11.9 Å². The van der Waals surface area contributed by atoms with E-state index in [-0.39, 0.29) is 18.8 Å². The van der Waals surface area contributed by atoms with Gasteiger partial charge in [-0.2, -0.15) is 0 Å². The van der Waals surface area contributed by atoms with Crippen molar-refractivity contribution in [1.82, 2.24) is 5.32 Å². The number of rotatable bonds is 6. The molecule has 0 radical (unpaired) electrons. The predicted octanol–water partition coefficient (Wildman–Crippen LogP) is 1.48. The number of nitrogens with one attached hydrogen (secondary N) is 1. The van der Waals surface area contributed by atoms with E-state index in [1.54, 1.807) is 6.92 Å². The summed E-state index contributed by atoms with van der Waals surface area (Å²) in [5.41, 5.74) is 0. The van der Waals surface area contributed by atoms with Crippen LogP contribution in [0.2, 0.25) is 0 Å². The molecule has 8 heteroatoms. The molecule has 2 N–H and O–H groups in total. The van der Waals surface area contributed by atoms with Gasteiger partial charge < -0.3 is 19.9 Å². The number of hydrogen-bond acceptors (Lipinski definition) is 4. The van der Waals surface area contributed by atoms with Gasteiger partial charge in [0.05, 0.1) is 6.04 Å². The second-order valence-electron chi connectivity index (χ2n) is 5.32. The van der Waals surface area contributed by atoms with Gasteiger partial charge in [-0.1, -0.05) is 0 Å². The number of benzene rings is 1. The quantitative estimate of drug-likeness (QED) is 0.826. The van der Waals surface area contributed by atoms with Gasteiger partial charge in [-0.15, -0.1) is 0 Å². The predicted molar refractivity (Wildman–Crippen MR) is 75.0 cm³/mol. The molecular formula is C15H17F2NO5. The molecular weight excluding hydrogens is 312 g/mol. The number of carbonyl (C=O) groups excluding carboxylic acids is 1. The van der Waals surface area contributed by atoms with Crippen LogP contribution in [-0.4, -0.2) is 41.8 Å². The molecule has 1 aliphatic heterocycles. The summed E-state index contributed by atoms with van der Waals surface area (Å²) in [6, 6.07) is 2.48. The molecule has 0 spiro atoms. The zero-order valence-electron chi connectivity index (χ0n) is 12.4. The van der Waals surface area contributed by atoms with Gasteiger partial charge in [-0.3, -0.25) is 4.79 Å². The summed E-state index contributed by atoms with van der Waals surface area (Å²) in [5.74, 6) is -3.18. The molecule has 3 atom stereocenters. The van der Waals surface area contributed by atoms with Crippen LogP contribution in [0.4, 0.5) is 8.78 Å². The number of halogens is 2. The normalized spacial score (nSPS) is 21.7. The third-order valence-corrected chi connectivity index (χ3v) is 3.36. The molecule has 0 aromatic heterocycles. The summed E-state index contributed by atoms with van der Waals surface area (Å²) in [7, 11) is 0. The largest absolute Gasteiger partial charge is 0.488 e. The van der Waals surface area contributed by atoms with E-state index in [4.69, 9.17) is 14.6 Å². The first kappa shape index (κ1) is 17.1. The van der Waals surface area contributed by atoms with E-state index < -0.39 is 41.8 Å². The third-order valence-electron chi connectivity index (χ3n) is 3.36. The van der Waals surface area contributed by atoms with Gasteiger partial charge >= 0.3 is 5.97 Å². The highest BCUT2D eigenvalue weighted by Gasteiger charge is 2.35. The summed E-state index contributed by atoms with van der Waals surface area (Å²) in [6.07, 6.45) is -1.19. The van der Waals surface area contributed by atoms with Crippen LogP contribution in [0.15, 0.2) is 18.2 Å². The van der Waals surface area contributed by atoms with Gasteiger partial charge in [0.25, 0.3) is 0 Å². The van der Waals surface area contributed by atoms with Crippen LogP contribution < -0.4 is 10.1 Å². The highest BCUT2D eigenvalue weighted by molar-refractivity contribution is 5.82. The fourth-order valence-corrected chi connectivity index (χ4v) is 2.20. The molecule has 23 heavy (non-hydrogen) atoms. The molecule has 1 fully saturated rings. The van der Waals surface area contributed by atoms with Gasteiger partial charge in [0.15, 0.2) is 17.7 Å². The van der Waals surface area contributed by atoms with E-state index in [1.807, 2.05) is 0 Å². The smallest absolute Gasteiger partial charge is 0.332 e. The second kappa shape index (κ2) is 7.36. The first-order chi connectivity index (χ1) is 10.9. The third kappa shape index (κ3) is 4.62. The molecule has 1 aromatic carbocycles. The number of carboxylic acids is 1. The first-order valence-corrected chi connectivity index (χ1v) is 7.13. The maximum atomic E-state index is 13.4. The zero-order valence-corrected chi connectivity index (χ0v) is 12.4. The Labute approximate surface area is 131 Å². The molecule has 6 nitrogen and oxygen atoms in total. The Bertz CT molecular complexity index is 595. The van der Waals surface area contributed by atoms with Crippen molar-refractivity contribution < 1.29 is 33.0 Å². The van der Waals surface area contributed by atoms with Gasteiger partial charge in [-0.25, -0.2) is 13.6 Å². The molecule has 126 valence electrons. The molecule has 1 amide bonds. The Morgan fingerprint density at radius 3 is 2.70 bits per heavy atom. The van der Waals surface area contributed by atoms with E-state index in [0.29, 0.717) is 12.5 Å². The number of aliphatic carboxylic acids is 1. The van der Waals surface area contributed by atoms with Crippen molar-refractivity contribution in [2.75, 3.05) is 6.61 Å². The number of carbonyl (C=O) groups is 2. The summed E-state index contributed by atoms with van der Waals surface area (Å²) in [6.45, 7) is 1.62. The van der Waals surface area contributed by atoms with Crippen molar-refractivity contribution in [1.29, 1.82) is 0 Å². The van der Waals surface area contributed by atoms with Crippen molar-refractivity contribution in [3.8, 4) is 5.75 Å². The lowest BCUT2D eigenvalue weighted by atomic mass is 10.2. The average molecular weight is 329 g/mol. The molecule has 0 saturated carbocycles. The van der Waals surface area contributed by atoms with E-state index in [0.717, 1.165) is 12.1 Å². The van der Waals surface area contributed by atoms with Crippen molar-refractivity contribution in [3.05, 3.63) is 29.8 Å². The van der Waals surface area contributed by atoms with E-state index in [2.05, 4.69) is 5.32 Å². The molecule has 1 heterocycles. The minimum Gasteiger partial charge on any atom is -0.488 e. The standard InChI is InChI=1S/C15H17F2NO5/c1-8(7-22-11-3-2-9(16)6-10(11)17)18-14(19)12-4-5-13(23-12)15(20)21/h2-3,6,8,12-13H,4-5,7H2,1H3,(H,18,19)(H,20,21)/t8?,12-,13+/m0/s1. The van der Waals surface area contributed by atoms with Gasteiger partial charge in [0.2, 0.25) is 5.91 Å². The average Bonchev–Trinajstić information content (AvgIpc) is 2.96. The number of amides is 1. The molecule has 1 unspecified atom stereocenters. The van der Waals surface area contributed by atoms with Gasteiger partial charge in [0.1, 0.15) is 18.5 Å². The fraction of sp³-hybridized carbons (Fsp3) is 0.467. The Morgan fingerprint density at radius 1 is 1.39 bits per heavy atom. The molecule has 1 aliphatic rings. The van der Waals surface area contributed by atoms with Crippen LogP contribution >= 0.6 is 0 Å². The lowest BCUT2D eigenvalue weighted by Crippen LogP contribution is -2.43. The number of ether oxygens (including phenoxy) is 2. The van der Waals surface area contributed by atoms with Crippen LogP contribution in [0.5, 0.6) is 5.75 Å². The summed E-state index contributed by atoms with van der Waals surface area (Å²) in [5, 5.41) is 11.4. The number of carboxylic acid groups (broad SMARTS) is 1. The summed E-state index contributed by atoms with van der Waals surface area (Å²) >= 11 is 0. The lowest BCUT2D eigenvalue weighted by molar-refractivity contribution is -0.151. The van der Waals surface area contributed by atoms with Crippen LogP contribution in [-0.2, 0) is 14.3 Å². The molecule has 2 rings (SSSR count). The van der Waals surface area contributed by atoms with Crippen LogP contribution in [0.3, 0.4) is 0 Å². The van der Waals surface area contributed by atoms with Crippen LogP contribution in [0.1, 0.15) is 19.8 Å². The maximum absolute atomic E-state index is 13.4. The van der Waals surface area contributed by atoms with Gasteiger partial charge in [-0.05, 0) is 31.9 Å². The molecule has 0 bridgehead atoms. The van der Waals surface area contributed by atoms with Crippen LogP contribution in [0.25, 0.3) is 0 Å². The zero-order chi connectivity index (χ0) is 17.0. The highest BCUT2D eigenvalue weighted by Crippen LogP contribution is 2.20. The van der Waals surface area contributed by atoms with Gasteiger partial charge in [0, 0.05) is 6.07 Å². The minimum atomic E-state index is -1.09. The first-order valence-electron chi connectivity index (χ1n) is 7.13.